The Morgan fingerprint density at radius 2 is 2.00 bits per heavy atom. The van der Waals surface area contributed by atoms with Crippen LogP contribution < -0.4 is 15.0 Å². The summed E-state index contributed by atoms with van der Waals surface area (Å²) in [5, 5.41) is 13.9. The maximum atomic E-state index is 12.9. The molecular formula is C22H25N3O5. The highest BCUT2D eigenvalue weighted by atomic mass is 16.6. The molecule has 0 radical (unpaired) electrons. The third-order valence-corrected chi connectivity index (χ3v) is 5.04. The molecule has 0 unspecified atom stereocenters. The largest absolute Gasteiger partial charge is 0.490 e. The number of hydrogen-bond acceptors (Lipinski definition) is 5. The number of nitro benzene ring substituents is 1. The van der Waals surface area contributed by atoms with Gasteiger partial charge >= 0.3 is 0 Å². The summed E-state index contributed by atoms with van der Waals surface area (Å²) in [6.45, 7) is 8.10. The summed E-state index contributed by atoms with van der Waals surface area (Å²) >= 11 is 0. The van der Waals surface area contributed by atoms with Crippen LogP contribution in [0.2, 0.25) is 0 Å². The fourth-order valence-corrected chi connectivity index (χ4v) is 3.32. The van der Waals surface area contributed by atoms with Crippen LogP contribution >= 0.6 is 0 Å². The molecule has 0 saturated heterocycles. The zero-order chi connectivity index (χ0) is 22.1. The molecule has 0 bridgehead atoms. The van der Waals surface area contributed by atoms with E-state index in [1.807, 2.05) is 20.8 Å². The van der Waals surface area contributed by atoms with Crippen LogP contribution in [0.5, 0.6) is 5.75 Å². The Kier molecular flexibility index (Phi) is 5.78. The molecule has 2 aromatic carbocycles. The first-order valence-corrected chi connectivity index (χ1v) is 9.79. The van der Waals surface area contributed by atoms with Crippen molar-refractivity contribution in [3.8, 4) is 5.75 Å². The van der Waals surface area contributed by atoms with Crippen molar-refractivity contribution in [2.75, 3.05) is 23.4 Å². The van der Waals surface area contributed by atoms with E-state index in [0.29, 0.717) is 29.2 Å². The first-order valence-electron chi connectivity index (χ1n) is 9.79. The van der Waals surface area contributed by atoms with Crippen molar-refractivity contribution in [3.05, 3.63) is 57.6 Å². The summed E-state index contributed by atoms with van der Waals surface area (Å²) in [6.07, 6.45) is 0.798. The molecule has 0 aromatic heterocycles. The molecule has 2 aromatic rings. The number of ether oxygens (including phenoxy) is 1. The molecule has 2 amide bonds. The van der Waals surface area contributed by atoms with Crippen molar-refractivity contribution in [1.82, 2.24) is 0 Å². The molecule has 1 heterocycles. The lowest BCUT2D eigenvalue weighted by Crippen LogP contribution is -2.42. The van der Waals surface area contributed by atoms with Gasteiger partial charge in [-0.25, -0.2) is 0 Å². The zero-order valence-electron chi connectivity index (χ0n) is 17.5. The molecule has 1 N–H and O–H groups in total. The van der Waals surface area contributed by atoms with Crippen molar-refractivity contribution in [1.29, 1.82) is 0 Å². The third-order valence-electron chi connectivity index (χ3n) is 5.04. The van der Waals surface area contributed by atoms with Crippen LogP contribution in [0.1, 0.15) is 43.1 Å². The van der Waals surface area contributed by atoms with Crippen molar-refractivity contribution in [2.45, 2.75) is 34.1 Å². The Morgan fingerprint density at radius 3 is 2.67 bits per heavy atom. The summed E-state index contributed by atoms with van der Waals surface area (Å²) < 4.78 is 5.90. The van der Waals surface area contributed by atoms with Gasteiger partial charge in [0.1, 0.15) is 12.4 Å². The Hall–Kier alpha value is -3.42. The molecule has 0 atom stereocenters. The molecule has 1 aliphatic rings. The van der Waals surface area contributed by atoms with Crippen LogP contribution in [0.25, 0.3) is 0 Å². The third kappa shape index (κ3) is 4.12. The molecule has 8 nitrogen and oxygen atoms in total. The highest BCUT2D eigenvalue weighted by molar-refractivity contribution is 6.05. The summed E-state index contributed by atoms with van der Waals surface area (Å²) in [5.74, 6) is 0.0374. The van der Waals surface area contributed by atoms with E-state index < -0.39 is 16.2 Å². The number of nitrogens with zero attached hydrogens (tertiary/aromatic N) is 2. The van der Waals surface area contributed by atoms with Crippen molar-refractivity contribution in [2.24, 2.45) is 5.41 Å². The van der Waals surface area contributed by atoms with Crippen molar-refractivity contribution >= 4 is 28.9 Å². The van der Waals surface area contributed by atoms with Gasteiger partial charge in [0.25, 0.3) is 11.6 Å². The molecule has 1 aliphatic heterocycles. The Labute approximate surface area is 175 Å². The number of anilines is 2. The number of rotatable bonds is 5. The second-order valence-corrected chi connectivity index (χ2v) is 8.02. The van der Waals surface area contributed by atoms with Gasteiger partial charge in [0.05, 0.1) is 16.0 Å². The van der Waals surface area contributed by atoms with Gasteiger partial charge in [-0.15, -0.1) is 0 Å². The number of amides is 2. The monoisotopic (exact) mass is 411 g/mol. The highest BCUT2D eigenvalue weighted by Gasteiger charge is 2.37. The lowest BCUT2D eigenvalue weighted by atomic mass is 9.93. The predicted molar refractivity (Wildman–Crippen MR) is 114 cm³/mol. The molecule has 3 rings (SSSR count). The van der Waals surface area contributed by atoms with E-state index in [2.05, 4.69) is 5.32 Å². The fraction of sp³-hybridized carbons (Fsp3) is 0.364. The lowest BCUT2D eigenvalue weighted by Gasteiger charge is -2.27. The number of nitrogens with one attached hydrogen (secondary N) is 1. The van der Waals surface area contributed by atoms with Gasteiger partial charge < -0.3 is 15.0 Å². The summed E-state index contributed by atoms with van der Waals surface area (Å²) in [7, 11) is 0. The Bertz CT molecular complexity index is 1020. The zero-order valence-corrected chi connectivity index (χ0v) is 17.5. The van der Waals surface area contributed by atoms with Crippen molar-refractivity contribution < 1.29 is 19.2 Å². The molecule has 0 fully saturated rings. The van der Waals surface area contributed by atoms with Gasteiger partial charge in [0, 0.05) is 35.5 Å². The van der Waals surface area contributed by atoms with Gasteiger partial charge in [-0.05, 0) is 45.4 Å². The molecule has 0 spiro atoms. The average molecular weight is 411 g/mol. The van der Waals surface area contributed by atoms with Crippen molar-refractivity contribution in [3.63, 3.8) is 0 Å². The second-order valence-electron chi connectivity index (χ2n) is 8.02. The highest BCUT2D eigenvalue weighted by Crippen LogP contribution is 2.38. The molecule has 158 valence electrons. The SMILES string of the molecule is CCCN1C(=O)C(C)(C)COc2cc(NC(=O)c3ccc(C)c([N+](=O)[O-])c3)ccc21. The van der Waals surface area contributed by atoms with Gasteiger partial charge in [0.2, 0.25) is 5.91 Å². The van der Waals surface area contributed by atoms with Gasteiger partial charge in [-0.1, -0.05) is 13.0 Å². The quantitative estimate of drug-likeness (QED) is 0.583. The van der Waals surface area contributed by atoms with Crippen LogP contribution in [0, 0.1) is 22.5 Å². The maximum Gasteiger partial charge on any atom is 0.273 e. The summed E-state index contributed by atoms with van der Waals surface area (Å²) in [6, 6.07) is 9.46. The van der Waals surface area contributed by atoms with Gasteiger partial charge in [-0.2, -0.15) is 0 Å². The lowest BCUT2D eigenvalue weighted by molar-refractivity contribution is -0.385. The van der Waals surface area contributed by atoms with Crippen LogP contribution in [-0.2, 0) is 4.79 Å². The summed E-state index contributed by atoms with van der Waals surface area (Å²) in [4.78, 5) is 37.9. The Balaban J connectivity index is 1.89. The van der Waals surface area contributed by atoms with Crippen LogP contribution in [0.4, 0.5) is 17.1 Å². The number of carbonyl (C=O) groups excluding carboxylic acids is 2. The van der Waals surface area contributed by atoms with Crippen LogP contribution in [0.3, 0.4) is 0 Å². The number of carbonyl (C=O) groups is 2. The molecule has 0 saturated carbocycles. The smallest absolute Gasteiger partial charge is 0.273 e. The standard InChI is InChI=1S/C22H25N3O5/c1-5-10-24-17-9-8-16(12-19(17)30-13-22(3,4)21(24)27)23-20(26)15-7-6-14(2)18(11-15)25(28)29/h6-9,11-12H,5,10,13H2,1-4H3,(H,23,26). The average Bonchev–Trinajstić information content (AvgIpc) is 2.78. The van der Waals surface area contributed by atoms with E-state index in [4.69, 9.17) is 4.74 Å². The van der Waals surface area contributed by atoms with E-state index in [1.165, 1.54) is 6.07 Å². The van der Waals surface area contributed by atoms with Gasteiger partial charge in [0.15, 0.2) is 0 Å². The second kappa shape index (κ2) is 8.14. The fourth-order valence-electron chi connectivity index (χ4n) is 3.32. The first-order chi connectivity index (χ1) is 14.1. The van der Waals surface area contributed by atoms with E-state index >= 15 is 0 Å². The number of nitro groups is 1. The van der Waals surface area contributed by atoms with E-state index in [0.717, 1.165) is 6.42 Å². The maximum absolute atomic E-state index is 12.9. The minimum Gasteiger partial charge on any atom is -0.490 e. The Morgan fingerprint density at radius 1 is 1.27 bits per heavy atom. The molecular weight excluding hydrogens is 386 g/mol. The van der Waals surface area contributed by atoms with Crippen LogP contribution in [-0.4, -0.2) is 29.9 Å². The van der Waals surface area contributed by atoms with Gasteiger partial charge in [-0.3, -0.25) is 19.7 Å². The van der Waals surface area contributed by atoms with E-state index in [9.17, 15) is 19.7 Å². The topological polar surface area (TPSA) is 102 Å². The van der Waals surface area contributed by atoms with E-state index in [1.54, 1.807) is 42.2 Å². The summed E-state index contributed by atoms with van der Waals surface area (Å²) in [5.41, 5.74) is 1.04. The molecule has 30 heavy (non-hydrogen) atoms. The number of hydrogen-bond donors (Lipinski definition) is 1. The molecule has 0 aliphatic carbocycles. The minimum atomic E-state index is -0.668. The number of aryl methyl sites for hydroxylation is 1. The minimum absolute atomic E-state index is 0.00755. The van der Waals surface area contributed by atoms with E-state index in [-0.39, 0.29) is 23.8 Å². The van der Waals surface area contributed by atoms with Crippen LogP contribution in [0.15, 0.2) is 36.4 Å². The molecule has 8 heteroatoms. The normalized spacial score (nSPS) is 15.1. The number of fused-ring (bicyclic) bond motifs is 1. The number of benzene rings is 2. The predicted octanol–water partition coefficient (Wildman–Crippen LogP) is 4.32. The first kappa shape index (κ1) is 21.3.